The third kappa shape index (κ3) is 1.40. The molecule has 1 spiro atoms. The SMILES string of the molecule is C[C@@H]1NC(=O)C2(CCN(C#N)C2)NC1=O. The van der Waals surface area contributed by atoms with Gasteiger partial charge in [-0.3, -0.25) is 9.59 Å². The second-order valence-corrected chi connectivity index (χ2v) is 4.04. The molecule has 6 heteroatoms. The molecule has 2 N–H and O–H groups in total. The van der Waals surface area contributed by atoms with Crippen molar-refractivity contribution in [2.75, 3.05) is 13.1 Å². The first-order valence-corrected chi connectivity index (χ1v) is 4.85. The van der Waals surface area contributed by atoms with E-state index in [2.05, 4.69) is 10.6 Å². The summed E-state index contributed by atoms with van der Waals surface area (Å²) in [7, 11) is 0. The second-order valence-electron chi connectivity index (χ2n) is 4.04. The predicted octanol–water partition coefficient (Wildman–Crippen LogP) is -1.45. The van der Waals surface area contributed by atoms with Crippen LogP contribution in [0.2, 0.25) is 0 Å². The molecule has 2 amide bonds. The summed E-state index contributed by atoms with van der Waals surface area (Å²) in [5, 5.41) is 14.0. The minimum absolute atomic E-state index is 0.186. The van der Waals surface area contributed by atoms with Crippen LogP contribution in [0.4, 0.5) is 0 Å². The van der Waals surface area contributed by atoms with Crippen LogP contribution < -0.4 is 10.6 Å². The molecule has 0 saturated carbocycles. The van der Waals surface area contributed by atoms with E-state index in [1.807, 2.05) is 6.19 Å². The van der Waals surface area contributed by atoms with Gasteiger partial charge in [0.2, 0.25) is 11.8 Å². The highest BCUT2D eigenvalue weighted by Gasteiger charge is 2.49. The normalized spacial score (nSPS) is 34.9. The highest BCUT2D eigenvalue weighted by Crippen LogP contribution is 2.23. The number of carbonyl (C=O) groups is 2. The molecule has 0 aromatic carbocycles. The number of hydrogen-bond donors (Lipinski definition) is 2. The smallest absolute Gasteiger partial charge is 0.248 e. The maximum absolute atomic E-state index is 11.8. The van der Waals surface area contributed by atoms with Gasteiger partial charge in [0.1, 0.15) is 11.6 Å². The molecule has 0 bridgehead atoms. The lowest BCUT2D eigenvalue weighted by Crippen LogP contribution is -2.69. The van der Waals surface area contributed by atoms with Crippen molar-refractivity contribution in [3.63, 3.8) is 0 Å². The zero-order chi connectivity index (χ0) is 11.1. The third-order valence-corrected chi connectivity index (χ3v) is 2.95. The molecule has 15 heavy (non-hydrogen) atoms. The number of nitrogens with one attached hydrogen (secondary N) is 2. The standard InChI is InChI=1S/C9H12N4O2/c1-6-7(14)12-9(8(15)11-6)2-3-13(4-9)5-10/h6H,2-4H2,1H3,(H,11,15)(H,12,14)/t6-,9?/m0/s1. The molecule has 80 valence electrons. The Bertz CT molecular complexity index is 362. The van der Waals surface area contributed by atoms with Gasteiger partial charge in [-0.2, -0.15) is 5.26 Å². The Labute approximate surface area is 87.2 Å². The van der Waals surface area contributed by atoms with Gasteiger partial charge < -0.3 is 15.5 Å². The minimum atomic E-state index is -0.890. The van der Waals surface area contributed by atoms with Crippen molar-refractivity contribution < 1.29 is 9.59 Å². The van der Waals surface area contributed by atoms with Gasteiger partial charge >= 0.3 is 0 Å². The average Bonchev–Trinajstić information content (AvgIpc) is 2.60. The molecular formula is C9H12N4O2. The zero-order valence-electron chi connectivity index (χ0n) is 8.41. The van der Waals surface area contributed by atoms with Crippen molar-refractivity contribution in [3.8, 4) is 6.19 Å². The topological polar surface area (TPSA) is 85.2 Å². The van der Waals surface area contributed by atoms with Crippen LogP contribution in [0.1, 0.15) is 13.3 Å². The van der Waals surface area contributed by atoms with E-state index in [0.29, 0.717) is 13.0 Å². The van der Waals surface area contributed by atoms with Crippen LogP contribution in [0.25, 0.3) is 0 Å². The van der Waals surface area contributed by atoms with E-state index in [0.717, 1.165) is 0 Å². The van der Waals surface area contributed by atoms with Gasteiger partial charge in [-0.25, -0.2) is 0 Å². The Morgan fingerprint density at radius 3 is 2.93 bits per heavy atom. The average molecular weight is 208 g/mol. The molecule has 0 aromatic rings. The maximum atomic E-state index is 11.8. The summed E-state index contributed by atoms with van der Waals surface area (Å²) in [6.07, 6.45) is 2.48. The zero-order valence-corrected chi connectivity index (χ0v) is 8.41. The Hall–Kier alpha value is -1.77. The first kappa shape index (κ1) is 9.77. The summed E-state index contributed by atoms with van der Waals surface area (Å²) in [6, 6.07) is -0.487. The molecule has 2 rings (SSSR count). The molecule has 0 aromatic heterocycles. The Balaban J connectivity index is 2.19. The molecule has 2 aliphatic heterocycles. The third-order valence-electron chi connectivity index (χ3n) is 2.95. The van der Waals surface area contributed by atoms with Crippen molar-refractivity contribution in [1.82, 2.24) is 15.5 Å². The summed E-state index contributed by atoms with van der Waals surface area (Å²) < 4.78 is 0. The van der Waals surface area contributed by atoms with E-state index in [1.165, 1.54) is 4.90 Å². The number of piperazine rings is 1. The number of nitrogens with zero attached hydrogens (tertiary/aromatic N) is 2. The molecule has 0 radical (unpaired) electrons. The van der Waals surface area contributed by atoms with Crippen molar-refractivity contribution >= 4 is 11.8 Å². The number of nitriles is 1. The predicted molar refractivity (Wildman–Crippen MR) is 50.3 cm³/mol. The second kappa shape index (κ2) is 3.12. The van der Waals surface area contributed by atoms with Crippen LogP contribution in [0.15, 0.2) is 0 Å². The quantitative estimate of drug-likeness (QED) is 0.477. The molecule has 2 heterocycles. The van der Waals surface area contributed by atoms with Crippen molar-refractivity contribution in [2.45, 2.75) is 24.9 Å². The number of hydrogen-bond acceptors (Lipinski definition) is 4. The largest absolute Gasteiger partial charge is 0.342 e. The first-order chi connectivity index (χ1) is 7.07. The molecule has 2 saturated heterocycles. The number of likely N-dealkylation sites (tertiary alicyclic amines) is 1. The van der Waals surface area contributed by atoms with Gasteiger partial charge in [0.15, 0.2) is 6.19 Å². The summed E-state index contributed by atoms with van der Waals surface area (Å²) in [5.41, 5.74) is -0.890. The lowest BCUT2D eigenvalue weighted by atomic mass is 9.93. The molecule has 2 atom stereocenters. The van der Waals surface area contributed by atoms with E-state index in [1.54, 1.807) is 6.92 Å². The fourth-order valence-corrected chi connectivity index (χ4v) is 1.98. The van der Waals surface area contributed by atoms with E-state index < -0.39 is 11.6 Å². The van der Waals surface area contributed by atoms with Gasteiger partial charge in [-0.05, 0) is 13.3 Å². The van der Waals surface area contributed by atoms with Gasteiger partial charge in [0.25, 0.3) is 0 Å². The van der Waals surface area contributed by atoms with Crippen molar-refractivity contribution in [2.24, 2.45) is 0 Å². The fraction of sp³-hybridized carbons (Fsp3) is 0.667. The summed E-state index contributed by atoms with van der Waals surface area (Å²) in [6.45, 7) is 2.42. The number of rotatable bonds is 0. The number of carbonyl (C=O) groups excluding carboxylic acids is 2. The lowest BCUT2D eigenvalue weighted by molar-refractivity contribution is -0.140. The Morgan fingerprint density at radius 2 is 2.33 bits per heavy atom. The summed E-state index contributed by atoms with van der Waals surface area (Å²) >= 11 is 0. The van der Waals surface area contributed by atoms with Crippen LogP contribution in [-0.4, -0.2) is 41.4 Å². The monoisotopic (exact) mass is 208 g/mol. The number of amides is 2. The summed E-state index contributed by atoms with van der Waals surface area (Å²) in [5.74, 6) is -0.373. The van der Waals surface area contributed by atoms with Crippen LogP contribution in [-0.2, 0) is 9.59 Å². The highest BCUT2D eigenvalue weighted by atomic mass is 16.2. The Morgan fingerprint density at radius 1 is 1.60 bits per heavy atom. The van der Waals surface area contributed by atoms with E-state index in [4.69, 9.17) is 5.26 Å². The van der Waals surface area contributed by atoms with Crippen LogP contribution in [0.5, 0.6) is 0 Å². The van der Waals surface area contributed by atoms with Crippen molar-refractivity contribution in [1.29, 1.82) is 5.26 Å². The highest BCUT2D eigenvalue weighted by molar-refractivity contribution is 6.00. The minimum Gasteiger partial charge on any atom is -0.342 e. The first-order valence-electron chi connectivity index (χ1n) is 4.85. The van der Waals surface area contributed by atoms with Crippen molar-refractivity contribution in [3.05, 3.63) is 0 Å². The van der Waals surface area contributed by atoms with E-state index >= 15 is 0 Å². The molecular weight excluding hydrogens is 196 g/mol. The maximum Gasteiger partial charge on any atom is 0.248 e. The molecule has 6 nitrogen and oxygen atoms in total. The van der Waals surface area contributed by atoms with Crippen LogP contribution in [0, 0.1) is 11.5 Å². The molecule has 1 unspecified atom stereocenters. The van der Waals surface area contributed by atoms with E-state index in [-0.39, 0.29) is 18.4 Å². The van der Waals surface area contributed by atoms with Gasteiger partial charge in [-0.15, -0.1) is 0 Å². The summed E-state index contributed by atoms with van der Waals surface area (Å²) in [4.78, 5) is 24.7. The fourth-order valence-electron chi connectivity index (χ4n) is 1.98. The van der Waals surface area contributed by atoms with E-state index in [9.17, 15) is 9.59 Å². The molecule has 2 fully saturated rings. The molecule has 2 aliphatic rings. The van der Waals surface area contributed by atoms with Gasteiger partial charge in [0.05, 0.1) is 6.54 Å². The Kier molecular flexibility index (Phi) is 2.03. The van der Waals surface area contributed by atoms with Gasteiger partial charge in [0, 0.05) is 6.54 Å². The van der Waals surface area contributed by atoms with Crippen LogP contribution in [0.3, 0.4) is 0 Å². The molecule has 0 aliphatic carbocycles. The van der Waals surface area contributed by atoms with Crippen LogP contribution >= 0.6 is 0 Å². The van der Waals surface area contributed by atoms with Gasteiger partial charge in [-0.1, -0.05) is 0 Å². The lowest BCUT2D eigenvalue weighted by Gasteiger charge is -2.35.